The molecule has 1 fully saturated rings. The number of benzene rings is 1. The minimum atomic E-state index is -0.0539. The molecule has 1 atom stereocenters. The Labute approximate surface area is 140 Å². The number of halogens is 1. The van der Waals surface area contributed by atoms with Gasteiger partial charge in [0.2, 0.25) is 5.91 Å². The number of piperidine rings is 1. The van der Waals surface area contributed by atoms with Crippen LogP contribution in [0.1, 0.15) is 18.4 Å². The number of aryl methyl sites for hydroxylation is 1. The topological polar surface area (TPSA) is 58.1 Å². The minimum Gasteiger partial charge on any atom is -0.355 e. The molecule has 23 heavy (non-hydrogen) atoms. The normalized spacial score (nSPS) is 17.8. The fraction of sp³-hybridized carbons (Fsp3) is 0.353. The van der Waals surface area contributed by atoms with Gasteiger partial charge < -0.3 is 10.2 Å². The van der Waals surface area contributed by atoms with Gasteiger partial charge in [-0.15, -0.1) is 0 Å². The molecule has 1 amide bonds. The van der Waals surface area contributed by atoms with Gasteiger partial charge in [0.05, 0.1) is 12.1 Å². The van der Waals surface area contributed by atoms with E-state index < -0.39 is 0 Å². The molecule has 1 saturated heterocycles. The number of hydrogen-bond donors (Lipinski definition) is 1. The van der Waals surface area contributed by atoms with Crippen molar-refractivity contribution >= 4 is 29.0 Å². The third-order valence-electron chi connectivity index (χ3n) is 4.09. The van der Waals surface area contributed by atoms with Crippen LogP contribution in [-0.2, 0) is 4.79 Å². The fourth-order valence-corrected chi connectivity index (χ4v) is 2.94. The van der Waals surface area contributed by atoms with Gasteiger partial charge in [-0.25, -0.2) is 4.98 Å². The van der Waals surface area contributed by atoms with E-state index in [-0.39, 0.29) is 11.8 Å². The number of amides is 1. The average molecular weight is 331 g/mol. The van der Waals surface area contributed by atoms with Gasteiger partial charge in [0, 0.05) is 36.2 Å². The number of carbonyl (C=O) groups excluding carboxylic acids is 1. The smallest absolute Gasteiger partial charge is 0.229 e. The monoisotopic (exact) mass is 330 g/mol. The van der Waals surface area contributed by atoms with E-state index in [1.165, 1.54) is 0 Å². The third kappa shape index (κ3) is 3.79. The summed E-state index contributed by atoms with van der Waals surface area (Å²) < 4.78 is 0. The molecule has 0 saturated carbocycles. The summed E-state index contributed by atoms with van der Waals surface area (Å²) in [5.41, 5.74) is 1.74. The van der Waals surface area contributed by atoms with E-state index in [0.29, 0.717) is 11.6 Å². The number of aromatic nitrogens is 2. The molecule has 6 heteroatoms. The average Bonchev–Trinajstić information content (AvgIpc) is 2.59. The van der Waals surface area contributed by atoms with Crippen molar-refractivity contribution in [3.05, 3.63) is 47.4 Å². The molecule has 2 heterocycles. The van der Waals surface area contributed by atoms with Gasteiger partial charge in [0.25, 0.3) is 0 Å². The molecule has 0 radical (unpaired) electrons. The van der Waals surface area contributed by atoms with E-state index >= 15 is 0 Å². The molecule has 120 valence electrons. The number of hydrogen-bond acceptors (Lipinski definition) is 4. The largest absolute Gasteiger partial charge is 0.355 e. The Bertz CT molecular complexity index is 692. The van der Waals surface area contributed by atoms with Crippen molar-refractivity contribution in [2.24, 2.45) is 5.92 Å². The van der Waals surface area contributed by atoms with Crippen LogP contribution < -0.4 is 10.2 Å². The Morgan fingerprint density at radius 3 is 3.00 bits per heavy atom. The second-order valence-electron chi connectivity index (χ2n) is 5.80. The Morgan fingerprint density at radius 1 is 1.39 bits per heavy atom. The number of nitrogens with zero attached hydrogens (tertiary/aromatic N) is 3. The molecule has 3 rings (SSSR count). The van der Waals surface area contributed by atoms with E-state index in [4.69, 9.17) is 11.6 Å². The molecule has 0 aliphatic carbocycles. The van der Waals surface area contributed by atoms with Crippen LogP contribution in [0.2, 0.25) is 5.02 Å². The molecule has 1 N–H and O–H groups in total. The van der Waals surface area contributed by atoms with Crippen molar-refractivity contribution in [2.75, 3.05) is 23.3 Å². The Morgan fingerprint density at radius 2 is 2.26 bits per heavy atom. The molecule has 0 spiro atoms. The van der Waals surface area contributed by atoms with Gasteiger partial charge in [-0.2, -0.15) is 0 Å². The fourth-order valence-electron chi connectivity index (χ4n) is 2.82. The zero-order valence-corrected chi connectivity index (χ0v) is 13.8. The lowest BCUT2D eigenvalue weighted by Gasteiger charge is -2.32. The summed E-state index contributed by atoms with van der Waals surface area (Å²) in [6.45, 7) is 3.49. The summed E-state index contributed by atoms with van der Waals surface area (Å²) in [6.07, 6.45) is 6.92. The van der Waals surface area contributed by atoms with Crippen LogP contribution >= 0.6 is 11.6 Å². The first kappa shape index (κ1) is 15.7. The maximum Gasteiger partial charge on any atom is 0.229 e. The lowest BCUT2D eigenvalue weighted by Crippen LogP contribution is -2.41. The van der Waals surface area contributed by atoms with E-state index in [1.54, 1.807) is 24.7 Å². The molecule has 1 aliphatic heterocycles. The van der Waals surface area contributed by atoms with Gasteiger partial charge in [-0.3, -0.25) is 9.78 Å². The molecule has 1 aromatic heterocycles. The maximum atomic E-state index is 12.5. The van der Waals surface area contributed by atoms with Crippen molar-refractivity contribution in [3.8, 4) is 0 Å². The van der Waals surface area contributed by atoms with Crippen molar-refractivity contribution < 1.29 is 4.79 Å². The summed E-state index contributed by atoms with van der Waals surface area (Å²) in [4.78, 5) is 23.1. The van der Waals surface area contributed by atoms with Crippen molar-refractivity contribution in [3.63, 3.8) is 0 Å². The molecule has 1 aromatic carbocycles. The van der Waals surface area contributed by atoms with E-state index in [2.05, 4.69) is 20.2 Å². The first-order valence-electron chi connectivity index (χ1n) is 7.71. The van der Waals surface area contributed by atoms with Gasteiger partial charge in [-0.1, -0.05) is 11.6 Å². The lowest BCUT2D eigenvalue weighted by atomic mass is 9.97. The van der Waals surface area contributed by atoms with E-state index in [0.717, 1.165) is 36.5 Å². The summed E-state index contributed by atoms with van der Waals surface area (Å²) in [5, 5.41) is 3.69. The van der Waals surface area contributed by atoms with Crippen LogP contribution in [0.25, 0.3) is 0 Å². The molecule has 5 nitrogen and oxygen atoms in total. The lowest BCUT2D eigenvalue weighted by molar-refractivity contribution is -0.120. The standard InChI is InChI=1S/C17H19ClN4O/c1-12-9-14(4-5-15(12)18)21-17(23)13-3-2-8-22(11-13)16-10-19-6-7-20-16/h4-7,9-10,13H,2-3,8,11H2,1H3,(H,21,23). The van der Waals surface area contributed by atoms with Gasteiger partial charge in [-0.05, 0) is 43.5 Å². The number of anilines is 2. The molecule has 2 aromatic rings. The van der Waals surface area contributed by atoms with Crippen LogP contribution in [0.5, 0.6) is 0 Å². The molecule has 1 unspecified atom stereocenters. The van der Waals surface area contributed by atoms with Gasteiger partial charge in [0.15, 0.2) is 0 Å². The van der Waals surface area contributed by atoms with Crippen LogP contribution in [0.4, 0.5) is 11.5 Å². The quantitative estimate of drug-likeness (QED) is 0.938. The second-order valence-corrected chi connectivity index (χ2v) is 6.21. The van der Waals surface area contributed by atoms with Crippen LogP contribution in [0.3, 0.4) is 0 Å². The highest BCUT2D eigenvalue weighted by Crippen LogP contribution is 2.24. The number of nitrogens with one attached hydrogen (secondary N) is 1. The Kier molecular flexibility index (Phi) is 4.76. The maximum absolute atomic E-state index is 12.5. The summed E-state index contributed by atoms with van der Waals surface area (Å²) >= 11 is 6.02. The summed E-state index contributed by atoms with van der Waals surface area (Å²) in [6, 6.07) is 5.53. The number of rotatable bonds is 3. The van der Waals surface area contributed by atoms with Crippen molar-refractivity contribution in [1.29, 1.82) is 0 Å². The molecule has 1 aliphatic rings. The second kappa shape index (κ2) is 6.96. The van der Waals surface area contributed by atoms with Crippen LogP contribution in [-0.4, -0.2) is 29.0 Å². The highest BCUT2D eigenvalue weighted by atomic mass is 35.5. The summed E-state index contributed by atoms with van der Waals surface area (Å²) in [7, 11) is 0. The highest BCUT2D eigenvalue weighted by molar-refractivity contribution is 6.31. The zero-order valence-electron chi connectivity index (χ0n) is 13.0. The van der Waals surface area contributed by atoms with Crippen molar-refractivity contribution in [1.82, 2.24) is 9.97 Å². The Balaban J connectivity index is 1.66. The molecular weight excluding hydrogens is 312 g/mol. The zero-order chi connectivity index (χ0) is 16.2. The van der Waals surface area contributed by atoms with E-state index in [1.807, 2.05) is 19.1 Å². The third-order valence-corrected chi connectivity index (χ3v) is 4.52. The van der Waals surface area contributed by atoms with Gasteiger partial charge in [0.1, 0.15) is 5.82 Å². The minimum absolute atomic E-state index is 0.0420. The number of carbonyl (C=O) groups is 1. The molecular formula is C17H19ClN4O. The van der Waals surface area contributed by atoms with Crippen molar-refractivity contribution in [2.45, 2.75) is 19.8 Å². The summed E-state index contributed by atoms with van der Waals surface area (Å²) in [5.74, 6) is 0.814. The first-order valence-corrected chi connectivity index (χ1v) is 8.09. The van der Waals surface area contributed by atoms with Crippen LogP contribution in [0, 0.1) is 12.8 Å². The Hall–Kier alpha value is -2.14. The molecule has 0 bridgehead atoms. The van der Waals surface area contributed by atoms with Crippen LogP contribution in [0.15, 0.2) is 36.8 Å². The highest BCUT2D eigenvalue weighted by Gasteiger charge is 2.26. The first-order chi connectivity index (χ1) is 11.1. The van der Waals surface area contributed by atoms with E-state index in [9.17, 15) is 4.79 Å². The predicted molar refractivity (Wildman–Crippen MR) is 91.8 cm³/mol. The SMILES string of the molecule is Cc1cc(NC(=O)C2CCCN(c3cnccn3)C2)ccc1Cl. The van der Waals surface area contributed by atoms with Gasteiger partial charge >= 0.3 is 0 Å². The predicted octanol–water partition coefficient (Wildman–Crippen LogP) is 3.29.